The molecule has 3 saturated heterocycles. The number of hydrazine groups is 1. The zero-order valence-corrected chi connectivity index (χ0v) is 14.3. The highest BCUT2D eigenvalue weighted by molar-refractivity contribution is 6.31. The second-order valence-corrected chi connectivity index (χ2v) is 7.00. The first kappa shape index (κ1) is 16.4. The van der Waals surface area contributed by atoms with Gasteiger partial charge in [0.2, 0.25) is 0 Å². The number of amides is 3. The molecule has 3 aliphatic heterocycles. The smallest absolute Gasteiger partial charge is 0.276 e. The zero-order chi connectivity index (χ0) is 17.7. The van der Waals surface area contributed by atoms with E-state index in [2.05, 4.69) is 5.43 Å². The molecule has 4 rings (SSSR count). The van der Waals surface area contributed by atoms with Crippen LogP contribution in [0.2, 0.25) is 5.02 Å². The van der Waals surface area contributed by atoms with Crippen LogP contribution in [0.3, 0.4) is 0 Å². The normalized spacial score (nSPS) is 29.9. The fourth-order valence-corrected chi connectivity index (χ4v) is 3.95. The van der Waals surface area contributed by atoms with Gasteiger partial charge in [0.25, 0.3) is 17.7 Å². The van der Waals surface area contributed by atoms with Crippen molar-refractivity contribution in [3.8, 4) is 5.75 Å². The molecule has 3 fully saturated rings. The number of imide groups is 1. The fraction of sp³-hybridized carbons (Fsp3) is 0.471. The number of hydrogen-bond acceptors (Lipinski definition) is 5. The third-order valence-electron chi connectivity index (χ3n) is 5.02. The van der Waals surface area contributed by atoms with Crippen LogP contribution in [0.5, 0.6) is 5.75 Å². The predicted molar refractivity (Wildman–Crippen MR) is 86.6 cm³/mol. The number of benzene rings is 1. The van der Waals surface area contributed by atoms with Crippen LogP contribution in [0.25, 0.3) is 0 Å². The Morgan fingerprint density at radius 3 is 2.52 bits per heavy atom. The van der Waals surface area contributed by atoms with E-state index in [0.29, 0.717) is 10.8 Å². The van der Waals surface area contributed by atoms with E-state index in [4.69, 9.17) is 21.1 Å². The van der Waals surface area contributed by atoms with Gasteiger partial charge in [0.1, 0.15) is 5.75 Å². The van der Waals surface area contributed by atoms with Gasteiger partial charge >= 0.3 is 0 Å². The van der Waals surface area contributed by atoms with Crippen LogP contribution >= 0.6 is 11.6 Å². The van der Waals surface area contributed by atoms with Crippen molar-refractivity contribution in [2.45, 2.75) is 32.0 Å². The van der Waals surface area contributed by atoms with Crippen LogP contribution in [0, 0.1) is 18.8 Å². The van der Waals surface area contributed by atoms with Crippen LogP contribution < -0.4 is 10.2 Å². The van der Waals surface area contributed by atoms with E-state index in [1.54, 1.807) is 18.2 Å². The largest absolute Gasteiger partial charge is 0.484 e. The van der Waals surface area contributed by atoms with Gasteiger partial charge in [-0.2, -0.15) is 5.01 Å². The van der Waals surface area contributed by atoms with Gasteiger partial charge in [-0.3, -0.25) is 19.8 Å². The van der Waals surface area contributed by atoms with Crippen LogP contribution in [-0.2, 0) is 19.1 Å². The number of ether oxygens (including phenoxy) is 2. The number of carbonyl (C=O) groups is 3. The molecule has 0 saturated carbocycles. The third kappa shape index (κ3) is 2.67. The lowest BCUT2D eigenvalue weighted by molar-refractivity contribution is -0.151. The van der Waals surface area contributed by atoms with Crippen molar-refractivity contribution in [1.82, 2.24) is 10.4 Å². The highest BCUT2D eigenvalue weighted by Gasteiger charge is 2.62. The molecule has 2 bridgehead atoms. The molecule has 1 N–H and O–H groups in total. The van der Waals surface area contributed by atoms with Crippen LogP contribution in [0.15, 0.2) is 18.2 Å². The number of halogens is 1. The molecular formula is C17H17ClN2O5. The molecular weight excluding hydrogens is 348 g/mol. The Morgan fingerprint density at radius 1 is 1.28 bits per heavy atom. The van der Waals surface area contributed by atoms with Gasteiger partial charge in [0, 0.05) is 5.02 Å². The number of rotatable bonds is 4. The molecule has 7 nitrogen and oxygen atoms in total. The maximum atomic E-state index is 12.4. The number of nitrogens with zero attached hydrogens (tertiary/aromatic N) is 1. The Kier molecular flexibility index (Phi) is 3.92. The first-order valence-electron chi connectivity index (χ1n) is 8.17. The Balaban J connectivity index is 1.37. The summed E-state index contributed by atoms with van der Waals surface area (Å²) in [5.74, 6) is -1.80. The average Bonchev–Trinajstić information content (AvgIpc) is 3.26. The van der Waals surface area contributed by atoms with E-state index in [0.717, 1.165) is 23.4 Å². The van der Waals surface area contributed by atoms with Gasteiger partial charge in [-0.25, -0.2) is 0 Å². The van der Waals surface area contributed by atoms with Gasteiger partial charge in [0.05, 0.1) is 24.0 Å². The number of hydrogen-bond donors (Lipinski definition) is 1. The molecule has 0 aromatic heterocycles. The summed E-state index contributed by atoms with van der Waals surface area (Å²) in [5.41, 5.74) is 3.19. The average molecular weight is 365 g/mol. The van der Waals surface area contributed by atoms with Crippen molar-refractivity contribution in [3.05, 3.63) is 28.8 Å². The van der Waals surface area contributed by atoms with E-state index in [-0.39, 0.29) is 18.8 Å². The molecule has 3 heterocycles. The lowest BCUT2D eigenvalue weighted by Gasteiger charge is -2.18. The number of carbonyl (C=O) groups excluding carboxylic acids is 3. The lowest BCUT2D eigenvalue weighted by Crippen LogP contribution is -2.49. The summed E-state index contributed by atoms with van der Waals surface area (Å²) in [5, 5.41) is 1.44. The standard InChI is InChI=1S/C17H17ClN2O5/c1-8-6-9(2-3-10(8)18)24-7-13(21)19-20-16(22)14-11-4-5-12(25-11)15(14)17(20)23/h2-3,6,11-12,14-15H,4-5,7H2,1H3,(H,19,21)/t11-,12-,14+,15+/m1/s1. The van der Waals surface area contributed by atoms with Gasteiger partial charge in [-0.05, 0) is 43.5 Å². The molecule has 25 heavy (non-hydrogen) atoms. The van der Waals surface area contributed by atoms with Crippen molar-refractivity contribution in [3.63, 3.8) is 0 Å². The maximum absolute atomic E-state index is 12.4. The first-order chi connectivity index (χ1) is 12.0. The topological polar surface area (TPSA) is 84.9 Å². The molecule has 4 atom stereocenters. The summed E-state index contributed by atoms with van der Waals surface area (Å²) in [6.45, 7) is 1.52. The molecule has 0 unspecified atom stereocenters. The molecule has 0 spiro atoms. The summed E-state index contributed by atoms with van der Waals surface area (Å²) >= 11 is 5.94. The Labute approximate surface area is 149 Å². The summed E-state index contributed by atoms with van der Waals surface area (Å²) in [6.07, 6.45) is 1.15. The Bertz CT molecular complexity index is 739. The molecule has 3 aliphatic rings. The minimum absolute atomic E-state index is 0.207. The quantitative estimate of drug-likeness (QED) is 0.812. The molecule has 1 aromatic rings. The molecule has 8 heteroatoms. The van der Waals surface area contributed by atoms with Gasteiger partial charge in [0.15, 0.2) is 6.61 Å². The van der Waals surface area contributed by atoms with Crippen molar-refractivity contribution >= 4 is 29.3 Å². The Morgan fingerprint density at radius 2 is 1.92 bits per heavy atom. The highest BCUT2D eigenvalue weighted by Crippen LogP contribution is 2.47. The van der Waals surface area contributed by atoms with Crippen LogP contribution in [0.4, 0.5) is 0 Å². The van der Waals surface area contributed by atoms with E-state index < -0.39 is 29.6 Å². The molecule has 3 amide bonds. The van der Waals surface area contributed by atoms with Crippen LogP contribution in [-0.4, -0.2) is 41.5 Å². The lowest BCUT2D eigenvalue weighted by atomic mass is 9.81. The number of aryl methyl sites for hydroxylation is 1. The monoisotopic (exact) mass is 364 g/mol. The highest BCUT2D eigenvalue weighted by atomic mass is 35.5. The molecule has 0 aliphatic carbocycles. The number of nitrogens with one attached hydrogen (secondary N) is 1. The van der Waals surface area contributed by atoms with Crippen LogP contribution in [0.1, 0.15) is 18.4 Å². The summed E-state index contributed by atoms with van der Waals surface area (Å²) < 4.78 is 11.0. The second kappa shape index (κ2) is 6.00. The summed E-state index contributed by atoms with van der Waals surface area (Å²) in [6, 6.07) is 5.03. The van der Waals surface area contributed by atoms with E-state index >= 15 is 0 Å². The van der Waals surface area contributed by atoms with Gasteiger partial charge in [-0.1, -0.05) is 11.6 Å². The van der Waals surface area contributed by atoms with E-state index in [9.17, 15) is 14.4 Å². The summed E-state index contributed by atoms with van der Waals surface area (Å²) in [7, 11) is 0. The van der Waals surface area contributed by atoms with Gasteiger partial charge < -0.3 is 9.47 Å². The number of fused-ring (bicyclic) bond motifs is 5. The Hall–Kier alpha value is -2.12. The van der Waals surface area contributed by atoms with Crippen molar-refractivity contribution in [2.24, 2.45) is 11.8 Å². The molecule has 0 radical (unpaired) electrons. The van der Waals surface area contributed by atoms with Crippen molar-refractivity contribution < 1.29 is 23.9 Å². The maximum Gasteiger partial charge on any atom is 0.276 e. The van der Waals surface area contributed by atoms with Crippen molar-refractivity contribution in [2.75, 3.05) is 6.61 Å². The summed E-state index contributed by atoms with van der Waals surface area (Å²) in [4.78, 5) is 36.9. The zero-order valence-electron chi connectivity index (χ0n) is 13.5. The van der Waals surface area contributed by atoms with E-state index in [1.165, 1.54) is 0 Å². The minimum Gasteiger partial charge on any atom is -0.484 e. The van der Waals surface area contributed by atoms with Crippen molar-refractivity contribution in [1.29, 1.82) is 0 Å². The predicted octanol–water partition coefficient (Wildman–Crippen LogP) is 1.22. The molecule has 132 valence electrons. The van der Waals surface area contributed by atoms with Gasteiger partial charge in [-0.15, -0.1) is 0 Å². The SMILES string of the molecule is Cc1cc(OCC(=O)NN2C(=O)[C@@H]3[C@@H](C2=O)[C@H]2CC[C@H]3O2)ccc1Cl. The second-order valence-electron chi connectivity index (χ2n) is 6.59. The van der Waals surface area contributed by atoms with E-state index in [1.807, 2.05) is 6.92 Å². The fourth-order valence-electron chi connectivity index (χ4n) is 3.84. The molecule has 1 aromatic carbocycles. The minimum atomic E-state index is -0.567. The third-order valence-corrected chi connectivity index (χ3v) is 5.44. The first-order valence-corrected chi connectivity index (χ1v) is 8.55.